The van der Waals surface area contributed by atoms with E-state index in [1.54, 1.807) is 0 Å². The van der Waals surface area contributed by atoms with E-state index in [0.717, 1.165) is 12.3 Å². The molecule has 1 fully saturated rings. The number of benzene rings is 1. The number of hydrogen-bond acceptors (Lipinski definition) is 3. The molecule has 2 atom stereocenters. The second kappa shape index (κ2) is 6.44. The van der Waals surface area contributed by atoms with Crippen molar-refractivity contribution in [2.75, 3.05) is 25.1 Å². The van der Waals surface area contributed by atoms with Gasteiger partial charge in [-0.1, -0.05) is 36.8 Å². The van der Waals surface area contributed by atoms with Crippen molar-refractivity contribution in [1.29, 1.82) is 0 Å². The largest absolute Gasteiger partial charge is 0.322 e. The monoisotopic (exact) mass is 278 g/mol. The summed E-state index contributed by atoms with van der Waals surface area (Å²) >= 11 is 1.84. The Labute approximate surface area is 119 Å². The van der Waals surface area contributed by atoms with E-state index in [-0.39, 0.29) is 12.1 Å². The molecule has 0 aliphatic carbocycles. The first kappa shape index (κ1) is 14.4. The number of carbonyl (C=O) groups excluding carboxylic acids is 1. The Kier molecular flexibility index (Phi) is 4.88. The van der Waals surface area contributed by atoms with Crippen LogP contribution in [0.2, 0.25) is 0 Å². The number of thioether (sulfide) groups is 1. The van der Waals surface area contributed by atoms with Crippen LogP contribution in [0.1, 0.15) is 24.2 Å². The van der Waals surface area contributed by atoms with Crippen LogP contribution in [0.15, 0.2) is 24.3 Å². The zero-order valence-electron chi connectivity index (χ0n) is 11.8. The summed E-state index contributed by atoms with van der Waals surface area (Å²) < 4.78 is 0. The first-order valence-electron chi connectivity index (χ1n) is 6.70. The van der Waals surface area contributed by atoms with Gasteiger partial charge in [-0.15, -0.1) is 0 Å². The Morgan fingerprint density at radius 2 is 2.32 bits per heavy atom. The normalized spacial score (nSPS) is 20.9. The van der Waals surface area contributed by atoms with E-state index in [1.807, 2.05) is 16.7 Å². The molecule has 0 bridgehead atoms. The highest BCUT2D eigenvalue weighted by Crippen LogP contribution is 2.24. The van der Waals surface area contributed by atoms with Crippen LogP contribution in [0.5, 0.6) is 0 Å². The van der Waals surface area contributed by atoms with E-state index in [1.165, 1.54) is 11.1 Å². The molecular weight excluding hydrogens is 256 g/mol. The highest BCUT2D eigenvalue weighted by atomic mass is 32.2. The lowest BCUT2D eigenvalue weighted by molar-refractivity contribution is -0.128. The summed E-state index contributed by atoms with van der Waals surface area (Å²) in [6.07, 6.45) is 2.15. The van der Waals surface area contributed by atoms with Crippen molar-refractivity contribution in [3.05, 3.63) is 35.4 Å². The number of nitrogens with zero attached hydrogens (tertiary/aromatic N) is 1. The first-order chi connectivity index (χ1) is 9.11. The molecule has 1 aromatic rings. The third kappa shape index (κ3) is 3.51. The lowest BCUT2D eigenvalue weighted by Crippen LogP contribution is -2.34. The van der Waals surface area contributed by atoms with Crippen LogP contribution in [0.25, 0.3) is 0 Å². The lowest BCUT2D eigenvalue weighted by Gasteiger charge is -2.27. The van der Waals surface area contributed by atoms with Crippen molar-refractivity contribution in [3.8, 4) is 0 Å². The van der Waals surface area contributed by atoms with E-state index in [2.05, 4.69) is 49.7 Å². The van der Waals surface area contributed by atoms with Crippen LogP contribution in [0, 0.1) is 12.8 Å². The van der Waals surface area contributed by atoms with Crippen molar-refractivity contribution in [3.63, 3.8) is 0 Å². The van der Waals surface area contributed by atoms with Gasteiger partial charge in [0.25, 0.3) is 0 Å². The molecular formula is C15H22N2OS. The van der Waals surface area contributed by atoms with Gasteiger partial charge in [0, 0.05) is 6.54 Å². The number of carbonyl (C=O) groups is 1. The second-order valence-electron chi connectivity index (χ2n) is 5.30. The van der Waals surface area contributed by atoms with Crippen molar-refractivity contribution in [1.82, 2.24) is 10.2 Å². The molecule has 1 aliphatic heterocycles. The van der Waals surface area contributed by atoms with Crippen LogP contribution in [-0.4, -0.2) is 35.9 Å². The van der Waals surface area contributed by atoms with Gasteiger partial charge in [-0.05, 0) is 30.4 Å². The number of nitrogens with one attached hydrogen (secondary N) is 1. The molecule has 1 aliphatic rings. The summed E-state index contributed by atoms with van der Waals surface area (Å²) in [5.41, 5.74) is 2.41. The summed E-state index contributed by atoms with van der Waals surface area (Å²) in [6.45, 7) is 5.56. The van der Waals surface area contributed by atoms with Gasteiger partial charge in [0.05, 0.1) is 6.54 Å². The molecule has 104 valence electrons. The maximum atomic E-state index is 12.0. The Bertz CT molecular complexity index is 450. The first-order valence-corrected chi connectivity index (χ1v) is 8.09. The minimum atomic E-state index is 0.0386. The van der Waals surface area contributed by atoms with Crippen molar-refractivity contribution in [2.45, 2.75) is 20.0 Å². The maximum Gasteiger partial charge on any atom is 0.238 e. The standard InChI is InChI=1S/C15H22N2OS/c1-11-5-4-6-13(7-11)15-16-8-14(18)17(15)9-12(2)10-19-3/h4-7,12,15-16H,8-10H2,1-3H3. The molecule has 0 radical (unpaired) electrons. The third-order valence-electron chi connectivity index (χ3n) is 3.40. The Hall–Kier alpha value is -1.00. The minimum absolute atomic E-state index is 0.0386. The minimum Gasteiger partial charge on any atom is -0.322 e. The van der Waals surface area contributed by atoms with Gasteiger partial charge in [0.15, 0.2) is 0 Å². The number of hydrogen-bond donors (Lipinski definition) is 1. The van der Waals surface area contributed by atoms with Gasteiger partial charge in [-0.3, -0.25) is 10.1 Å². The average Bonchev–Trinajstić information content (AvgIpc) is 2.71. The Balaban J connectivity index is 2.13. The smallest absolute Gasteiger partial charge is 0.238 e. The molecule has 1 aromatic carbocycles. The molecule has 3 nitrogen and oxygen atoms in total. The zero-order chi connectivity index (χ0) is 13.8. The number of aryl methyl sites for hydroxylation is 1. The molecule has 0 aromatic heterocycles. The van der Waals surface area contributed by atoms with Gasteiger partial charge in [-0.2, -0.15) is 11.8 Å². The summed E-state index contributed by atoms with van der Waals surface area (Å²) in [4.78, 5) is 14.0. The molecule has 1 heterocycles. The van der Waals surface area contributed by atoms with E-state index < -0.39 is 0 Å². The Morgan fingerprint density at radius 3 is 3.00 bits per heavy atom. The fourth-order valence-electron chi connectivity index (χ4n) is 2.56. The average molecular weight is 278 g/mol. The van der Waals surface area contributed by atoms with Crippen molar-refractivity contribution >= 4 is 17.7 Å². The van der Waals surface area contributed by atoms with Crippen LogP contribution in [0.3, 0.4) is 0 Å². The fourth-order valence-corrected chi connectivity index (χ4v) is 3.23. The van der Waals surface area contributed by atoms with Crippen LogP contribution < -0.4 is 5.32 Å². The maximum absolute atomic E-state index is 12.0. The van der Waals surface area contributed by atoms with Gasteiger partial charge < -0.3 is 4.90 Å². The van der Waals surface area contributed by atoms with Crippen molar-refractivity contribution in [2.24, 2.45) is 5.92 Å². The third-order valence-corrected chi connectivity index (χ3v) is 4.30. The van der Waals surface area contributed by atoms with E-state index in [4.69, 9.17) is 0 Å². The van der Waals surface area contributed by atoms with Gasteiger partial charge in [-0.25, -0.2) is 0 Å². The fraction of sp³-hybridized carbons (Fsp3) is 0.533. The molecule has 1 saturated heterocycles. The van der Waals surface area contributed by atoms with Crippen LogP contribution >= 0.6 is 11.8 Å². The second-order valence-corrected chi connectivity index (χ2v) is 6.21. The topological polar surface area (TPSA) is 32.3 Å². The van der Waals surface area contributed by atoms with E-state index in [9.17, 15) is 4.79 Å². The molecule has 0 spiro atoms. The number of rotatable bonds is 5. The number of amides is 1. The molecule has 2 rings (SSSR count). The molecule has 1 amide bonds. The van der Waals surface area contributed by atoms with E-state index >= 15 is 0 Å². The summed E-state index contributed by atoms with van der Waals surface area (Å²) in [6, 6.07) is 8.39. The predicted octanol–water partition coefficient (Wildman–Crippen LogP) is 2.42. The zero-order valence-corrected chi connectivity index (χ0v) is 12.7. The van der Waals surface area contributed by atoms with Gasteiger partial charge in [0.2, 0.25) is 5.91 Å². The molecule has 4 heteroatoms. The SMILES string of the molecule is CSCC(C)CN1C(=O)CNC1c1cccc(C)c1. The predicted molar refractivity (Wildman–Crippen MR) is 81.2 cm³/mol. The highest BCUT2D eigenvalue weighted by molar-refractivity contribution is 7.98. The Morgan fingerprint density at radius 1 is 1.53 bits per heavy atom. The van der Waals surface area contributed by atoms with Crippen LogP contribution in [-0.2, 0) is 4.79 Å². The van der Waals surface area contributed by atoms with Crippen molar-refractivity contribution < 1.29 is 4.79 Å². The van der Waals surface area contributed by atoms with Gasteiger partial charge >= 0.3 is 0 Å². The molecule has 2 unspecified atom stereocenters. The molecule has 0 saturated carbocycles. The molecule has 1 N–H and O–H groups in total. The summed E-state index contributed by atoms with van der Waals surface area (Å²) in [5.74, 6) is 1.82. The lowest BCUT2D eigenvalue weighted by atomic mass is 10.1. The quantitative estimate of drug-likeness (QED) is 0.898. The van der Waals surface area contributed by atoms with Gasteiger partial charge in [0.1, 0.15) is 6.17 Å². The molecule has 19 heavy (non-hydrogen) atoms. The van der Waals surface area contributed by atoms with Crippen LogP contribution in [0.4, 0.5) is 0 Å². The van der Waals surface area contributed by atoms with E-state index in [0.29, 0.717) is 12.5 Å². The summed E-state index contributed by atoms with van der Waals surface area (Å²) in [7, 11) is 0. The summed E-state index contributed by atoms with van der Waals surface area (Å²) in [5, 5.41) is 3.32. The highest BCUT2D eigenvalue weighted by Gasteiger charge is 2.32.